The number of pyridine rings is 1. The second-order valence-electron chi connectivity index (χ2n) is 8.26. The van der Waals surface area contributed by atoms with Gasteiger partial charge in [0.1, 0.15) is 12.1 Å². The van der Waals surface area contributed by atoms with Crippen LogP contribution in [0.2, 0.25) is 0 Å². The molecule has 7 nitrogen and oxygen atoms in total. The van der Waals surface area contributed by atoms with Crippen molar-refractivity contribution in [2.75, 3.05) is 11.9 Å². The highest BCUT2D eigenvalue weighted by atomic mass is 19.4. The first kappa shape index (κ1) is 24.6. The molecule has 0 bridgehead atoms. The fourth-order valence-corrected chi connectivity index (χ4v) is 3.72. The molecule has 2 N–H and O–H groups in total. The van der Waals surface area contributed by atoms with E-state index in [0.29, 0.717) is 6.07 Å². The van der Waals surface area contributed by atoms with E-state index >= 15 is 0 Å². The lowest BCUT2D eigenvalue weighted by molar-refractivity contribution is -0.140. The molecule has 186 valence electrons. The highest BCUT2D eigenvalue weighted by Gasteiger charge is 2.49. The number of alkyl halides is 5. The number of rotatable bonds is 5. The zero-order valence-electron chi connectivity index (χ0n) is 17.9. The van der Waals surface area contributed by atoms with Crippen LogP contribution >= 0.6 is 0 Å². The summed E-state index contributed by atoms with van der Waals surface area (Å²) >= 11 is 0. The highest BCUT2D eigenvalue weighted by molar-refractivity contribution is 5.92. The van der Waals surface area contributed by atoms with Crippen molar-refractivity contribution in [1.82, 2.24) is 25.1 Å². The van der Waals surface area contributed by atoms with Gasteiger partial charge in [0.25, 0.3) is 5.92 Å². The fraction of sp³-hybridized carbons (Fsp3) is 0.333. The molecule has 1 aliphatic rings. The Morgan fingerprint density at radius 3 is 2.60 bits per heavy atom. The molecule has 1 amide bonds. The van der Waals surface area contributed by atoms with Gasteiger partial charge in [0.05, 0.1) is 36.0 Å². The van der Waals surface area contributed by atoms with E-state index in [1.807, 2.05) is 0 Å². The van der Waals surface area contributed by atoms with E-state index in [2.05, 4.69) is 25.7 Å². The normalized spacial score (nSPS) is 19.7. The molecule has 1 saturated heterocycles. The molecular formula is C21H17F7N6O. The van der Waals surface area contributed by atoms with Crippen LogP contribution in [0.1, 0.15) is 30.3 Å². The molecule has 1 fully saturated rings. The molecule has 0 unspecified atom stereocenters. The first-order chi connectivity index (χ1) is 16.3. The van der Waals surface area contributed by atoms with Gasteiger partial charge in [-0.3, -0.25) is 10.1 Å². The van der Waals surface area contributed by atoms with E-state index in [-0.39, 0.29) is 17.3 Å². The molecule has 4 rings (SSSR count). The summed E-state index contributed by atoms with van der Waals surface area (Å²) < 4.78 is 95.4. The Labute approximate surface area is 193 Å². The Balaban J connectivity index is 1.47. The lowest BCUT2D eigenvalue weighted by Crippen LogP contribution is -2.34. The number of carbonyl (C=O) groups excluding carboxylic acids is 1. The molecular weight excluding hydrogens is 485 g/mol. The Hall–Kier alpha value is -3.55. The van der Waals surface area contributed by atoms with Gasteiger partial charge in [-0.1, -0.05) is 12.1 Å². The van der Waals surface area contributed by atoms with Crippen molar-refractivity contribution in [3.8, 4) is 5.82 Å². The van der Waals surface area contributed by atoms with E-state index in [1.54, 1.807) is 0 Å². The van der Waals surface area contributed by atoms with Crippen molar-refractivity contribution in [3.05, 3.63) is 65.4 Å². The monoisotopic (exact) mass is 502 g/mol. The zero-order valence-corrected chi connectivity index (χ0v) is 17.9. The molecule has 0 aliphatic carbocycles. The number of hydrogen-bond donors (Lipinski definition) is 2. The predicted octanol–water partition coefficient (Wildman–Crippen LogP) is 3.98. The first-order valence-electron chi connectivity index (χ1n) is 10.1. The quantitative estimate of drug-likeness (QED) is 0.516. The summed E-state index contributed by atoms with van der Waals surface area (Å²) in [6.45, 7) is 0.937. The second kappa shape index (κ2) is 8.59. The van der Waals surface area contributed by atoms with E-state index < -0.39 is 65.7 Å². The molecule has 1 aliphatic heterocycles. The van der Waals surface area contributed by atoms with E-state index in [4.69, 9.17) is 0 Å². The van der Waals surface area contributed by atoms with Crippen LogP contribution in [-0.2, 0) is 22.9 Å². The summed E-state index contributed by atoms with van der Waals surface area (Å²) in [7, 11) is 0. The summed E-state index contributed by atoms with van der Waals surface area (Å²) in [5.74, 6) is -6.70. The molecule has 0 radical (unpaired) electrons. The number of halogens is 7. The number of carbonyl (C=O) groups is 1. The number of benzene rings is 1. The van der Waals surface area contributed by atoms with Gasteiger partial charge in [0.2, 0.25) is 5.91 Å². The number of nitrogens with one attached hydrogen (secondary N) is 2. The van der Waals surface area contributed by atoms with Gasteiger partial charge >= 0.3 is 6.18 Å². The SMILES string of the molecule is C[C@@]1(c2ncn(-c3ncc(NC(=O)Cc4cccc(C(F)(F)F)c4F)cc3F)n2)CC(F)(F)CN1. The van der Waals surface area contributed by atoms with E-state index in [0.717, 1.165) is 35.4 Å². The van der Waals surface area contributed by atoms with Gasteiger partial charge in [0, 0.05) is 12.5 Å². The van der Waals surface area contributed by atoms with Gasteiger partial charge < -0.3 is 5.32 Å². The van der Waals surface area contributed by atoms with Gasteiger partial charge in [-0.25, -0.2) is 27.5 Å². The lowest BCUT2D eigenvalue weighted by atomic mass is 9.98. The molecule has 14 heteroatoms. The summed E-state index contributed by atoms with van der Waals surface area (Å²) in [5, 5.41) is 8.91. The van der Waals surface area contributed by atoms with Crippen LogP contribution in [0.5, 0.6) is 0 Å². The minimum atomic E-state index is -4.92. The zero-order chi connectivity index (χ0) is 25.6. The largest absolute Gasteiger partial charge is 0.419 e. The molecule has 1 aromatic carbocycles. The number of aromatic nitrogens is 4. The molecule has 0 saturated carbocycles. The third-order valence-corrected chi connectivity index (χ3v) is 5.39. The molecule has 0 spiro atoms. The second-order valence-corrected chi connectivity index (χ2v) is 8.26. The maximum Gasteiger partial charge on any atom is 0.419 e. The molecule has 3 aromatic rings. The van der Waals surface area contributed by atoms with Crippen LogP contribution < -0.4 is 10.6 Å². The fourth-order valence-electron chi connectivity index (χ4n) is 3.72. The van der Waals surface area contributed by atoms with Crippen molar-refractivity contribution in [2.45, 2.75) is 37.4 Å². The van der Waals surface area contributed by atoms with Crippen molar-refractivity contribution in [1.29, 1.82) is 0 Å². The Bertz CT molecular complexity index is 1280. The Kier molecular flexibility index (Phi) is 6.03. The van der Waals surface area contributed by atoms with Gasteiger partial charge in [-0.15, -0.1) is 5.10 Å². The number of hydrogen-bond acceptors (Lipinski definition) is 5. The first-order valence-corrected chi connectivity index (χ1v) is 10.1. The molecule has 2 aromatic heterocycles. The van der Waals surface area contributed by atoms with Crippen LogP contribution in [0.4, 0.5) is 36.4 Å². The number of nitrogens with zero attached hydrogens (tertiary/aromatic N) is 4. The lowest BCUT2D eigenvalue weighted by Gasteiger charge is -2.19. The standard InChI is InChI=1S/C21H17F7N6O/c1-19(8-20(24,25)9-31-19)18-30-10-34(33-18)17-14(22)6-12(7-29-17)32-15(35)5-11-3-2-4-13(16(11)23)21(26,27)28/h2-4,6-7,10,31H,5,8-9H2,1H3,(H,32,35)/t19-/m0/s1. The van der Waals surface area contributed by atoms with Crippen LogP contribution in [0.3, 0.4) is 0 Å². The summed E-state index contributed by atoms with van der Waals surface area (Å²) in [4.78, 5) is 20.0. The van der Waals surface area contributed by atoms with Crippen LogP contribution in [-0.4, -0.2) is 38.1 Å². The van der Waals surface area contributed by atoms with Crippen molar-refractivity contribution in [3.63, 3.8) is 0 Å². The maximum atomic E-state index is 14.6. The van der Waals surface area contributed by atoms with Crippen molar-refractivity contribution in [2.24, 2.45) is 0 Å². The van der Waals surface area contributed by atoms with Crippen molar-refractivity contribution >= 4 is 11.6 Å². The summed E-state index contributed by atoms with van der Waals surface area (Å²) in [6.07, 6.45) is -4.06. The van der Waals surface area contributed by atoms with E-state index in [9.17, 15) is 35.5 Å². The van der Waals surface area contributed by atoms with Crippen LogP contribution in [0.25, 0.3) is 5.82 Å². The van der Waals surface area contributed by atoms with Crippen LogP contribution in [0.15, 0.2) is 36.8 Å². The smallest absolute Gasteiger partial charge is 0.324 e. The van der Waals surface area contributed by atoms with Gasteiger partial charge in [0.15, 0.2) is 17.5 Å². The summed E-state index contributed by atoms with van der Waals surface area (Å²) in [6, 6.07) is 3.43. The predicted molar refractivity (Wildman–Crippen MR) is 108 cm³/mol. The van der Waals surface area contributed by atoms with Crippen LogP contribution in [0, 0.1) is 11.6 Å². The topological polar surface area (TPSA) is 84.7 Å². The average molecular weight is 502 g/mol. The average Bonchev–Trinajstić information content (AvgIpc) is 3.34. The third kappa shape index (κ3) is 5.11. The van der Waals surface area contributed by atoms with E-state index in [1.165, 1.54) is 6.92 Å². The number of amides is 1. The molecule has 35 heavy (non-hydrogen) atoms. The minimum Gasteiger partial charge on any atom is -0.324 e. The van der Waals surface area contributed by atoms with Crippen molar-refractivity contribution < 1.29 is 35.5 Å². The Morgan fingerprint density at radius 1 is 1.23 bits per heavy atom. The molecule has 3 heterocycles. The van der Waals surface area contributed by atoms with Gasteiger partial charge in [-0.05, 0) is 18.6 Å². The third-order valence-electron chi connectivity index (χ3n) is 5.39. The number of anilines is 1. The van der Waals surface area contributed by atoms with Gasteiger partial charge in [-0.2, -0.15) is 17.9 Å². The highest BCUT2D eigenvalue weighted by Crippen LogP contribution is 2.37. The Morgan fingerprint density at radius 2 is 1.97 bits per heavy atom. The molecule has 1 atom stereocenters. The minimum absolute atomic E-state index is 0.0105. The summed E-state index contributed by atoms with van der Waals surface area (Å²) in [5.41, 5.74) is -3.36. The maximum absolute atomic E-state index is 14.6.